The third-order valence-corrected chi connectivity index (χ3v) is 4.95. The Balaban J connectivity index is 2.23. The van der Waals surface area contributed by atoms with Gasteiger partial charge in [0.1, 0.15) is 0 Å². The highest BCUT2D eigenvalue weighted by Crippen LogP contribution is 2.24. The van der Waals surface area contributed by atoms with Gasteiger partial charge in [0.15, 0.2) is 0 Å². The Labute approximate surface area is 117 Å². The minimum atomic E-state index is -4.51. The van der Waals surface area contributed by atoms with Crippen LogP contribution < -0.4 is 10.2 Å². The van der Waals surface area contributed by atoms with Gasteiger partial charge in [0.05, 0.1) is 4.90 Å². The number of anilines is 1. The van der Waals surface area contributed by atoms with E-state index in [1.54, 1.807) is 12.1 Å². The molecule has 0 radical (unpaired) electrons. The first-order chi connectivity index (χ1) is 9.46. The number of halogens is 2. The number of alkyl halides is 2. The van der Waals surface area contributed by atoms with Crippen LogP contribution in [0.2, 0.25) is 0 Å². The maximum Gasteiger partial charge on any atom is 0.341 e. The molecule has 1 aromatic rings. The van der Waals surface area contributed by atoms with Crippen molar-refractivity contribution in [1.82, 2.24) is 5.32 Å². The number of hydrogen-bond donors (Lipinski definition) is 1. The predicted octanol–water partition coefficient (Wildman–Crippen LogP) is 1.87. The number of benzene rings is 1. The van der Waals surface area contributed by atoms with Gasteiger partial charge in [0.2, 0.25) is 9.84 Å². The third-order valence-electron chi connectivity index (χ3n) is 3.55. The lowest BCUT2D eigenvalue weighted by atomic mass is 10.2. The molecule has 1 aliphatic heterocycles. The van der Waals surface area contributed by atoms with Crippen molar-refractivity contribution in [1.29, 1.82) is 0 Å². The molecule has 1 aliphatic rings. The van der Waals surface area contributed by atoms with Crippen molar-refractivity contribution in [2.75, 3.05) is 24.5 Å². The number of hydrogen-bond acceptors (Lipinski definition) is 4. The highest BCUT2D eigenvalue weighted by Gasteiger charge is 2.27. The molecule has 1 aromatic carbocycles. The molecule has 112 valence electrons. The largest absolute Gasteiger partial charge is 0.367 e. The van der Waals surface area contributed by atoms with Gasteiger partial charge in [-0.15, -0.1) is 0 Å². The van der Waals surface area contributed by atoms with Gasteiger partial charge < -0.3 is 10.2 Å². The molecule has 0 aliphatic carbocycles. The molecule has 1 heterocycles. The number of nitrogens with zero attached hydrogens (tertiary/aromatic N) is 1. The van der Waals surface area contributed by atoms with Crippen LogP contribution in [-0.4, -0.2) is 39.9 Å². The topological polar surface area (TPSA) is 49.4 Å². The average molecular weight is 304 g/mol. The van der Waals surface area contributed by atoms with Gasteiger partial charge in [0, 0.05) is 24.8 Å². The second kappa shape index (κ2) is 6.05. The van der Waals surface area contributed by atoms with Crippen LogP contribution in [0.25, 0.3) is 0 Å². The van der Waals surface area contributed by atoms with E-state index in [2.05, 4.69) is 10.2 Å². The van der Waals surface area contributed by atoms with Gasteiger partial charge in [-0.25, -0.2) is 8.42 Å². The number of sulfone groups is 1. The molecule has 20 heavy (non-hydrogen) atoms. The van der Waals surface area contributed by atoms with Crippen LogP contribution >= 0.6 is 0 Å². The summed E-state index contributed by atoms with van der Waals surface area (Å²) in [4.78, 5) is 1.82. The standard InChI is InChI=1S/C13H18F2N2O2S/c1-2-17(11-7-8-16-9-11)10-3-5-12(6-4-10)20(18,19)13(14)15/h3-6,11,13,16H,2,7-9H2,1H3. The van der Waals surface area contributed by atoms with E-state index in [0.29, 0.717) is 6.04 Å². The zero-order valence-corrected chi connectivity index (χ0v) is 12.0. The van der Waals surface area contributed by atoms with Gasteiger partial charge in [-0.2, -0.15) is 8.78 Å². The zero-order chi connectivity index (χ0) is 14.8. The summed E-state index contributed by atoms with van der Waals surface area (Å²) in [6.45, 7) is 4.64. The van der Waals surface area contributed by atoms with E-state index in [1.165, 1.54) is 12.1 Å². The van der Waals surface area contributed by atoms with Crippen molar-refractivity contribution < 1.29 is 17.2 Å². The van der Waals surface area contributed by atoms with Gasteiger partial charge in [-0.05, 0) is 44.2 Å². The predicted molar refractivity (Wildman–Crippen MR) is 73.9 cm³/mol. The molecule has 4 nitrogen and oxygen atoms in total. The van der Waals surface area contributed by atoms with E-state index in [-0.39, 0.29) is 4.90 Å². The Hall–Kier alpha value is -1.21. The lowest BCUT2D eigenvalue weighted by Gasteiger charge is -2.29. The normalized spacial score (nSPS) is 19.5. The van der Waals surface area contributed by atoms with Crippen molar-refractivity contribution in [2.45, 2.75) is 30.0 Å². The summed E-state index contributed by atoms with van der Waals surface area (Å²) in [5.41, 5.74) is 0.856. The lowest BCUT2D eigenvalue weighted by Crippen LogP contribution is -2.36. The van der Waals surface area contributed by atoms with Crippen LogP contribution in [0.4, 0.5) is 14.5 Å². The second-order valence-corrected chi connectivity index (χ2v) is 6.65. The number of rotatable bonds is 5. The van der Waals surface area contributed by atoms with E-state index in [0.717, 1.165) is 31.7 Å². The summed E-state index contributed by atoms with van der Waals surface area (Å²) < 4.78 is 47.7. The van der Waals surface area contributed by atoms with E-state index >= 15 is 0 Å². The smallest absolute Gasteiger partial charge is 0.341 e. The van der Waals surface area contributed by atoms with Crippen LogP contribution in [-0.2, 0) is 9.84 Å². The Morgan fingerprint density at radius 2 is 2.00 bits per heavy atom. The SMILES string of the molecule is CCN(c1ccc(S(=O)(=O)C(F)F)cc1)C1CCNC1. The fourth-order valence-corrected chi connectivity index (χ4v) is 3.21. The maximum absolute atomic E-state index is 12.5. The molecule has 1 atom stereocenters. The van der Waals surface area contributed by atoms with Crippen LogP contribution in [0, 0.1) is 0 Å². The lowest BCUT2D eigenvalue weighted by molar-refractivity contribution is 0.234. The third kappa shape index (κ3) is 2.93. The fourth-order valence-electron chi connectivity index (χ4n) is 2.49. The molecule has 1 saturated heterocycles. The minimum absolute atomic E-state index is 0.336. The first kappa shape index (κ1) is 15.2. The van der Waals surface area contributed by atoms with Crippen molar-refractivity contribution in [3.8, 4) is 0 Å². The Kier molecular flexibility index (Phi) is 4.59. The minimum Gasteiger partial charge on any atom is -0.367 e. The van der Waals surface area contributed by atoms with Crippen LogP contribution in [0.15, 0.2) is 29.2 Å². The Bertz CT molecular complexity index is 540. The molecule has 0 saturated carbocycles. The highest BCUT2D eigenvalue weighted by atomic mass is 32.2. The van der Waals surface area contributed by atoms with Gasteiger partial charge in [0.25, 0.3) is 0 Å². The van der Waals surface area contributed by atoms with Gasteiger partial charge >= 0.3 is 5.76 Å². The summed E-state index contributed by atoms with van der Waals surface area (Å²) in [6, 6.07) is 6.05. The molecule has 1 N–H and O–H groups in total. The number of nitrogens with one attached hydrogen (secondary N) is 1. The zero-order valence-electron chi connectivity index (χ0n) is 11.2. The van der Waals surface area contributed by atoms with Crippen molar-refractivity contribution in [2.24, 2.45) is 0 Å². The number of likely N-dealkylation sites (N-methyl/N-ethyl adjacent to an activating group) is 1. The van der Waals surface area contributed by atoms with Crippen LogP contribution in [0.3, 0.4) is 0 Å². The second-order valence-electron chi connectivity index (χ2n) is 4.73. The van der Waals surface area contributed by atoms with E-state index < -0.39 is 15.6 Å². The van der Waals surface area contributed by atoms with E-state index in [1.807, 2.05) is 6.92 Å². The van der Waals surface area contributed by atoms with Crippen molar-refractivity contribution in [3.63, 3.8) is 0 Å². The van der Waals surface area contributed by atoms with Crippen LogP contribution in [0.1, 0.15) is 13.3 Å². The van der Waals surface area contributed by atoms with Crippen LogP contribution in [0.5, 0.6) is 0 Å². The molecule has 0 bridgehead atoms. The molecule has 1 fully saturated rings. The van der Waals surface area contributed by atoms with Gasteiger partial charge in [-0.3, -0.25) is 0 Å². The van der Waals surface area contributed by atoms with E-state index in [4.69, 9.17) is 0 Å². The quantitative estimate of drug-likeness (QED) is 0.902. The average Bonchev–Trinajstić information content (AvgIpc) is 2.94. The molecule has 2 rings (SSSR count). The highest BCUT2D eigenvalue weighted by molar-refractivity contribution is 7.91. The summed E-state index contributed by atoms with van der Waals surface area (Å²) in [6.07, 6.45) is 1.02. The molecular weight excluding hydrogens is 286 g/mol. The molecular formula is C13H18F2N2O2S. The monoisotopic (exact) mass is 304 g/mol. The molecule has 1 unspecified atom stereocenters. The molecule has 0 spiro atoms. The summed E-state index contributed by atoms with van der Waals surface area (Å²) in [5.74, 6) is -3.38. The summed E-state index contributed by atoms with van der Waals surface area (Å²) >= 11 is 0. The van der Waals surface area contributed by atoms with Gasteiger partial charge in [-0.1, -0.05) is 0 Å². The van der Waals surface area contributed by atoms with Crippen molar-refractivity contribution in [3.05, 3.63) is 24.3 Å². The first-order valence-corrected chi connectivity index (χ1v) is 8.11. The first-order valence-electron chi connectivity index (χ1n) is 6.56. The maximum atomic E-state index is 12.5. The fraction of sp³-hybridized carbons (Fsp3) is 0.538. The van der Waals surface area contributed by atoms with Crippen molar-refractivity contribution >= 4 is 15.5 Å². The van der Waals surface area contributed by atoms with E-state index in [9.17, 15) is 17.2 Å². The Morgan fingerprint density at radius 3 is 2.45 bits per heavy atom. The molecule has 0 aromatic heterocycles. The summed E-state index contributed by atoms with van der Waals surface area (Å²) in [5, 5.41) is 3.27. The molecule has 7 heteroatoms. The Morgan fingerprint density at radius 1 is 1.35 bits per heavy atom. The summed E-state index contributed by atoms with van der Waals surface area (Å²) in [7, 11) is -4.51. The molecule has 0 amide bonds.